The molecule has 2 heterocycles. The van der Waals surface area contributed by atoms with E-state index in [1.165, 1.54) is 45.0 Å². The SMILES string of the molecule is O=C(Nc1ccccc1F)N1CCC2C(=O)N(Cc3cccc(F)c3)CC(=O)N2CC1. The van der Waals surface area contributed by atoms with Crippen LogP contribution in [0, 0.1) is 11.6 Å². The molecule has 162 valence electrons. The zero-order valence-electron chi connectivity index (χ0n) is 16.8. The highest BCUT2D eigenvalue weighted by molar-refractivity contribution is 5.95. The second-order valence-corrected chi connectivity index (χ2v) is 7.61. The van der Waals surface area contributed by atoms with Gasteiger partial charge in [0.05, 0.1) is 5.69 Å². The normalized spacial score (nSPS) is 19.2. The van der Waals surface area contributed by atoms with E-state index in [2.05, 4.69) is 5.32 Å². The Labute approximate surface area is 178 Å². The van der Waals surface area contributed by atoms with Gasteiger partial charge in [-0.15, -0.1) is 0 Å². The third-order valence-electron chi connectivity index (χ3n) is 5.57. The van der Waals surface area contributed by atoms with Crippen LogP contribution >= 0.6 is 0 Å². The molecule has 1 N–H and O–H groups in total. The number of rotatable bonds is 3. The van der Waals surface area contributed by atoms with Gasteiger partial charge in [-0.3, -0.25) is 9.59 Å². The van der Waals surface area contributed by atoms with Crippen LogP contribution in [0.25, 0.3) is 0 Å². The van der Waals surface area contributed by atoms with Gasteiger partial charge in [-0.2, -0.15) is 0 Å². The largest absolute Gasteiger partial charge is 0.327 e. The van der Waals surface area contributed by atoms with Crippen molar-refractivity contribution in [2.45, 2.75) is 19.0 Å². The van der Waals surface area contributed by atoms with Gasteiger partial charge in [0.1, 0.15) is 24.2 Å². The molecule has 0 radical (unpaired) electrons. The Kier molecular flexibility index (Phi) is 5.83. The molecule has 9 heteroatoms. The predicted octanol–water partition coefficient (Wildman–Crippen LogP) is 2.44. The predicted molar refractivity (Wildman–Crippen MR) is 109 cm³/mol. The number of hydrogen-bond acceptors (Lipinski definition) is 3. The van der Waals surface area contributed by atoms with Crippen molar-refractivity contribution in [1.29, 1.82) is 0 Å². The number of carbonyl (C=O) groups is 3. The topological polar surface area (TPSA) is 73.0 Å². The summed E-state index contributed by atoms with van der Waals surface area (Å²) in [5.74, 6) is -1.38. The minimum Gasteiger partial charge on any atom is -0.327 e. The number of amides is 4. The van der Waals surface area contributed by atoms with Crippen LogP contribution in [0.2, 0.25) is 0 Å². The summed E-state index contributed by atoms with van der Waals surface area (Å²) in [6, 6.07) is 10.6. The first-order chi connectivity index (χ1) is 14.9. The van der Waals surface area contributed by atoms with Gasteiger partial charge in [-0.25, -0.2) is 13.6 Å². The molecule has 0 spiro atoms. The van der Waals surface area contributed by atoms with Crippen LogP contribution in [0.5, 0.6) is 0 Å². The lowest BCUT2D eigenvalue weighted by Crippen LogP contribution is -2.59. The van der Waals surface area contributed by atoms with Crippen molar-refractivity contribution >= 4 is 23.5 Å². The van der Waals surface area contributed by atoms with Gasteiger partial charge in [-0.1, -0.05) is 24.3 Å². The summed E-state index contributed by atoms with van der Waals surface area (Å²) in [7, 11) is 0. The highest BCUT2D eigenvalue weighted by Crippen LogP contribution is 2.22. The minimum atomic E-state index is -0.680. The summed E-state index contributed by atoms with van der Waals surface area (Å²) in [4.78, 5) is 42.7. The molecule has 2 aromatic rings. The molecule has 31 heavy (non-hydrogen) atoms. The Morgan fingerprint density at radius 1 is 1.03 bits per heavy atom. The number of urea groups is 1. The lowest BCUT2D eigenvalue weighted by molar-refractivity contribution is -0.156. The Bertz CT molecular complexity index is 1020. The van der Waals surface area contributed by atoms with E-state index in [4.69, 9.17) is 0 Å². The summed E-state index contributed by atoms with van der Waals surface area (Å²) in [6.45, 7) is 0.749. The van der Waals surface area contributed by atoms with E-state index in [0.717, 1.165) is 0 Å². The third-order valence-corrected chi connectivity index (χ3v) is 5.57. The van der Waals surface area contributed by atoms with E-state index >= 15 is 0 Å². The number of para-hydroxylation sites is 1. The number of carbonyl (C=O) groups excluding carboxylic acids is 3. The molecule has 2 aliphatic rings. The molecule has 4 rings (SSSR count). The number of anilines is 1. The van der Waals surface area contributed by atoms with Crippen molar-refractivity contribution < 1.29 is 23.2 Å². The van der Waals surface area contributed by atoms with Crippen molar-refractivity contribution in [3.63, 3.8) is 0 Å². The Morgan fingerprint density at radius 3 is 2.61 bits per heavy atom. The summed E-state index contributed by atoms with van der Waals surface area (Å²) >= 11 is 0. The molecule has 0 bridgehead atoms. The maximum absolute atomic E-state index is 13.8. The molecule has 2 saturated heterocycles. The number of halogens is 2. The summed E-state index contributed by atoms with van der Waals surface area (Å²) in [5, 5.41) is 2.54. The van der Waals surface area contributed by atoms with E-state index in [1.54, 1.807) is 18.2 Å². The average molecular weight is 428 g/mol. The number of hydrogen-bond donors (Lipinski definition) is 1. The van der Waals surface area contributed by atoms with Crippen LogP contribution in [-0.2, 0) is 16.1 Å². The standard InChI is InChI=1S/C22H22F2N4O3/c23-16-5-3-4-15(12-16)13-27-14-20(29)28-11-10-26(9-8-19(28)21(27)30)22(31)25-18-7-2-1-6-17(18)24/h1-7,12,19H,8-11,13-14H2,(H,25,31). The molecule has 1 atom stereocenters. The lowest BCUT2D eigenvalue weighted by atomic mass is 10.1. The molecule has 1 unspecified atom stereocenters. The van der Waals surface area contributed by atoms with Gasteiger partial charge in [0, 0.05) is 26.2 Å². The second-order valence-electron chi connectivity index (χ2n) is 7.61. The van der Waals surface area contributed by atoms with E-state index in [1.807, 2.05) is 0 Å². The van der Waals surface area contributed by atoms with Gasteiger partial charge in [0.2, 0.25) is 11.8 Å². The first kappa shape index (κ1) is 20.8. The maximum Gasteiger partial charge on any atom is 0.321 e. The van der Waals surface area contributed by atoms with E-state index in [-0.39, 0.29) is 56.6 Å². The fourth-order valence-corrected chi connectivity index (χ4v) is 3.98. The lowest BCUT2D eigenvalue weighted by Gasteiger charge is -2.39. The molecule has 2 aliphatic heterocycles. The van der Waals surface area contributed by atoms with Gasteiger partial charge in [-0.05, 0) is 36.2 Å². The average Bonchev–Trinajstić information content (AvgIpc) is 2.97. The molecular weight excluding hydrogens is 406 g/mol. The van der Waals surface area contributed by atoms with Crippen LogP contribution in [0.4, 0.5) is 19.3 Å². The zero-order chi connectivity index (χ0) is 22.0. The zero-order valence-corrected chi connectivity index (χ0v) is 16.8. The fraction of sp³-hybridized carbons (Fsp3) is 0.318. The first-order valence-corrected chi connectivity index (χ1v) is 10.1. The summed E-state index contributed by atoms with van der Waals surface area (Å²) in [6.07, 6.45) is 0.273. The van der Waals surface area contributed by atoms with Crippen LogP contribution in [0.3, 0.4) is 0 Å². The Hall–Kier alpha value is -3.49. The molecule has 4 amide bonds. The monoisotopic (exact) mass is 428 g/mol. The molecule has 0 aliphatic carbocycles. The van der Waals surface area contributed by atoms with Crippen molar-refractivity contribution in [3.8, 4) is 0 Å². The minimum absolute atomic E-state index is 0.0721. The van der Waals surface area contributed by atoms with Crippen LogP contribution < -0.4 is 5.32 Å². The first-order valence-electron chi connectivity index (χ1n) is 10.1. The number of benzene rings is 2. The molecule has 0 aromatic heterocycles. The Morgan fingerprint density at radius 2 is 1.84 bits per heavy atom. The van der Waals surface area contributed by atoms with Crippen molar-refractivity contribution in [2.24, 2.45) is 0 Å². The van der Waals surface area contributed by atoms with Gasteiger partial charge in [0.25, 0.3) is 0 Å². The molecule has 2 aromatic carbocycles. The highest BCUT2D eigenvalue weighted by atomic mass is 19.1. The highest BCUT2D eigenvalue weighted by Gasteiger charge is 2.41. The molecular formula is C22H22F2N4O3. The maximum atomic E-state index is 13.8. The molecule has 7 nitrogen and oxygen atoms in total. The van der Waals surface area contributed by atoms with Crippen molar-refractivity contribution in [2.75, 3.05) is 31.5 Å². The van der Waals surface area contributed by atoms with Gasteiger partial charge < -0.3 is 20.0 Å². The Balaban J connectivity index is 1.43. The number of piperazine rings is 1. The van der Waals surface area contributed by atoms with Crippen LogP contribution in [0.15, 0.2) is 48.5 Å². The van der Waals surface area contributed by atoms with Crippen molar-refractivity contribution in [3.05, 3.63) is 65.7 Å². The van der Waals surface area contributed by atoms with Gasteiger partial charge in [0.15, 0.2) is 0 Å². The number of nitrogens with zero attached hydrogens (tertiary/aromatic N) is 3. The quantitative estimate of drug-likeness (QED) is 0.816. The van der Waals surface area contributed by atoms with Crippen LogP contribution in [-0.4, -0.2) is 64.8 Å². The second kappa shape index (κ2) is 8.71. The molecule has 0 saturated carbocycles. The smallest absolute Gasteiger partial charge is 0.321 e. The van der Waals surface area contributed by atoms with E-state index in [9.17, 15) is 23.2 Å². The third kappa shape index (κ3) is 4.50. The van der Waals surface area contributed by atoms with E-state index < -0.39 is 23.7 Å². The van der Waals surface area contributed by atoms with E-state index in [0.29, 0.717) is 5.56 Å². The van der Waals surface area contributed by atoms with Gasteiger partial charge >= 0.3 is 6.03 Å². The summed E-state index contributed by atoms with van der Waals surface area (Å²) in [5.41, 5.74) is 0.678. The number of fused-ring (bicyclic) bond motifs is 1. The summed E-state index contributed by atoms with van der Waals surface area (Å²) < 4.78 is 27.3. The number of nitrogens with one attached hydrogen (secondary N) is 1. The van der Waals surface area contributed by atoms with Crippen molar-refractivity contribution in [1.82, 2.24) is 14.7 Å². The molecule has 2 fully saturated rings. The fourth-order valence-electron chi connectivity index (χ4n) is 3.98. The van der Waals surface area contributed by atoms with Crippen LogP contribution in [0.1, 0.15) is 12.0 Å².